The third-order valence-electron chi connectivity index (χ3n) is 2.24. The van der Waals surface area contributed by atoms with Crippen LogP contribution >= 0.6 is 55.1 Å². The maximum Gasteiger partial charge on any atom is 0.222 e. The lowest BCUT2D eigenvalue weighted by Gasteiger charge is -2.01. The van der Waals surface area contributed by atoms with Crippen LogP contribution in [0.5, 0.6) is 0 Å². The van der Waals surface area contributed by atoms with Gasteiger partial charge in [0.2, 0.25) is 5.78 Å². The normalized spacial score (nSPS) is 10.9. The molecule has 0 bridgehead atoms. The molecule has 1 heterocycles. The number of ketones is 1. The van der Waals surface area contributed by atoms with Gasteiger partial charge in [0.15, 0.2) is 5.76 Å². The van der Waals surface area contributed by atoms with Gasteiger partial charge in [-0.15, -0.1) is 0 Å². The summed E-state index contributed by atoms with van der Waals surface area (Å²) < 4.78 is 5.01. The van der Waals surface area contributed by atoms with Gasteiger partial charge in [0.05, 0.1) is 5.02 Å². The third kappa shape index (κ3) is 2.99. The van der Waals surface area contributed by atoms with Crippen molar-refractivity contribution < 1.29 is 9.21 Å². The van der Waals surface area contributed by atoms with E-state index in [2.05, 4.69) is 31.9 Å². The minimum Gasteiger partial charge on any atom is -0.453 e. The Kier molecular flexibility index (Phi) is 4.54. The number of halogens is 4. The number of hydrogen-bond acceptors (Lipinski definition) is 2. The SMILES string of the molecule is O=C(c1ccc(-c2ccc(Cl)cc2Cl)o1)C(Br)Br. The standard InChI is InChI=1S/C12H6Br2Cl2O2/c13-12(14)11(17)10-4-3-9(18-10)7-2-1-6(15)5-8(7)16/h1-5,12H. The van der Waals surface area contributed by atoms with Gasteiger partial charge < -0.3 is 4.42 Å². The molecule has 0 fully saturated rings. The number of benzene rings is 1. The first-order valence-electron chi connectivity index (χ1n) is 4.86. The number of alkyl halides is 2. The molecule has 1 aromatic carbocycles. The summed E-state index contributed by atoms with van der Waals surface area (Å²) in [6.45, 7) is 0. The van der Waals surface area contributed by atoms with Crippen molar-refractivity contribution in [1.82, 2.24) is 0 Å². The van der Waals surface area contributed by atoms with Crippen molar-refractivity contribution in [2.24, 2.45) is 0 Å². The van der Waals surface area contributed by atoms with Crippen LogP contribution in [0.4, 0.5) is 0 Å². The van der Waals surface area contributed by atoms with E-state index in [0.717, 1.165) is 0 Å². The van der Waals surface area contributed by atoms with Gasteiger partial charge in [-0.3, -0.25) is 4.79 Å². The van der Waals surface area contributed by atoms with Crippen LogP contribution < -0.4 is 0 Å². The van der Waals surface area contributed by atoms with E-state index in [4.69, 9.17) is 27.6 Å². The Labute approximate surface area is 131 Å². The predicted octanol–water partition coefficient (Wildman–Crippen LogP) is 5.55. The average molecular weight is 413 g/mol. The highest BCUT2D eigenvalue weighted by Gasteiger charge is 2.18. The van der Waals surface area contributed by atoms with Crippen molar-refractivity contribution in [3.05, 3.63) is 46.1 Å². The van der Waals surface area contributed by atoms with Crippen LogP contribution in [-0.2, 0) is 0 Å². The molecular formula is C12H6Br2Cl2O2. The van der Waals surface area contributed by atoms with E-state index in [1.54, 1.807) is 30.3 Å². The second kappa shape index (κ2) is 5.78. The lowest BCUT2D eigenvalue weighted by molar-refractivity contribution is 0.0988. The lowest BCUT2D eigenvalue weighted by Crippen LogP contribution is -2.05. The lowest BCUT2D eigenvalue weighted by atomic mass is 10.2. The van der Waals surface area contributed by atoms with Crippen LogP contribution in [0.15, 0.2) is 34.7 Å². The number of furan rings is 1. The highest BCUT2D eigenvalue weighted by molar-refractivity contribution is 9.25. The van der Waals surface area contributed by atoms with Gasteiger partial charge in [-0.1, -0.05) is 55.1 Å². The summed E-state index contributed by atoms with van der Waals surface area (Å²) in [5.41, 5.74) is 0.695. The zero-order chi connectivity index (χ0) is 13.3. The largest absolute Gasteiger partial charge is 0.453 e. The Bertz CT molecular complexity index is 594. The Morgan fingerprint density at radius 1 is 1.17 bits per heavy atom. The molecule has 0 saturated carbocycles. The number of carbonyl (C=O) groups is 1. The third-order valence-corrected chi connectivity index (χ3v) is 3.62. The molecule has 0 N–H and O–H groups in total. The molecule has 2 aromatic rings. The van der Waals surface area contributed by atoms with Crippen molar-refractivity contribution in [3.8, 4) is 11.3 Å². The number of hydrogen-bond donors (Lipinski definition) is 0. The van der Waals surface area contributed by atoms with Crippen molar-refractivity contribution >= 4 is 60.8 Å². The van der Waals surface area contributed by atoms with Crippen LogP contribution in [0, 0.1) is 0 Å². The first kappa shape index (κ1) is 14.1. The van der Waals surface area contributed by atoms with Crippen LogP contribution in [0.1, 0.15) is 10.6 Å². The molecule has 0 aliphatic rings. The molecule has 0 radical (unpaired) electrons. The monoisotopic (exact) mass is 410 g/mol. The van der Waals surface area contributed by atoms with E-state index in [0.29, 0.717) is 21.4 Å². The molecule has 2 nitrogen and oxygen atoms in total. The fourth-order valence-corrected chi connectivity index (χ4v) is 2.36. The molecule has 0 aliphatic carbocycles. The molecule has 0 aliphatic heterocycles. The van der Waals surface area contributed by atoms with E-state index in [-0.39, 0.29) is 11.5 Å². The highest BCUT2D eigenvalue weighted by atomic mass is 79.9. The predicted molar refractivity (Wildman–Crippen MR) is 80.1 cm³/mol. The maximum absolute atomic E-state index is 11.7. The van der Waals surface area contributed by atoms with Crippen molar-refractivity contribution in [3.63, 3.8) is 0 Å². The molecule has 94 valence electrons. The maximum atomic E-state index is 11.7. The fourth-order valence-electron chi connectivity index (χ4n) is 1.41. The molecule has 6 heteroatoms. The summed E-state index contributed by atoms with van der Waals surface area (Å²) in [5.74, 6) is 0.599. The minimum absolute atomic E-state index is 0.189. The second-order valence-corrected chi connectivity index (χ2v) is 7.36. The Morgan fingerprint density at radius 2 is 1.89 bits per heavy atom. The minimum atomic E-state index is -0.468. The summed E-state index contributed by atoms with van der Waals surface area (Å²) >= 11 is 18.1. The molecule has 2 rings (SSSR count). The average Bonchev–Trinajstić information content (AvgIpc) is 2.77. The number of rotatable bonds is 3. The van der Waals surface area contributed by atoms with Crippen molar-refractivity contribution in [1.29, 1.82) is 0 Å². The summed E-state index contributed by atoms with van der Waals surface area (Å²) in [4.78, 5) is 11.7. The van der Waals surface area contributed by atoms with Gasteiger partial charge in [0, 0.05) is 10.6 Å². The zero-order valence-corrected chi connectivity index (χ0v) is 13.5. The number of Topliss-reactive ketones (excluding diaryl/α,β-unsaturated/α-hetero) is 1. The van der Waals surface area contributed by atoms with Gasteiger partial charge in [0.25, 0.3) is 0 Å². The van der Waals surface area contributed by atoms with Crippen LogP contribution in [-0.4, -0.2) is 9.52 Å². The fraction of sp³-hybridized carbons (Fsp3) is 0.0833. The molecule has 0 spiro atoms. The smallest absolute Gasteiger partial charge is 0.222 e. The Morgan fingerprint density at radius 3 is 2.50 bits per heavy atom. The summed E-state index contributed by atoms with van der Waals surface area (Å²) in [6, 6.07) is 8.39. The van der Waals surface area contributed by atoms with E-state index in [1.165, 1.54) is 0 Å². The molecule has 1 aromatic heterocycles. The van der Waals surface area contributed by atoms with Gasteiger partial charge in [-0.2, -0.15) is 0 Å². The quantitative estimate of drug-likeness (QED) is 0.488. The molecule has 18 heavy (non-hydrogen) atoms. The van der Waals surface area contributed by atoms with Gasteiger partial charge in [-0.05, 0) is 30.3 Å². The van der Waals surface area contributed by atoms with Crippen LogP contribution in [0.25, 0.3) is 11.3 Å². The van der Waals surface area contributed by atoms with E-state index < -0.39 is 3.74 Å². The topological polar surface area (TPSA) is 30.2 Å². The van der Waals surface area contributed by atoms with E-state index in [1.807, 2.05) is 0 Å². The van der Waals surface area contributed by atoms with Crippen molar-refractivity contribution in [2.45, 2.75) is 3.74 Å². The molecule has 0 unspecified atom stereocenters. The number of carbonyl (C=O) groups excluding carboxylic acids is 1. The summed E-state index contributed by atoms with van der Waals surface area (Å²) in [7, 11) is 0. The van der Waals surface area contributed by atoms with Crippen molar-refractivity contribution in [2.75, 3.05) is 0 Å². The van der Waals surface area contributed by atoms with E-state index in [9.17, 15) is 4.79 Å². The van der Waals surface area contributed by atoms with Gasteiger partial charge in [0.1, 0.15) is 9.50 Å². The van der Waals surface area contributed by atoms with Gasteiger partial charge >= 0.3 is 0 Å². The summed E-state index contributed by atoms with van der Waals surface area (Å²) in [5, 5.41) is 1.03. The zero-order valence-electron chi connectivity index (χ0n) is 8.79. The highest BCUT2D eigenvalue weighted by Crippen LogP contribution is 2.32. The Balaban J connectivity index is 2.38. The molecular weight excluding hydrogens is 407 g/mol. The first-order valence-corrected chi connectivity index (χ1v) is 7.45. The first-order chi connectivity index (χ1) is 8.49. The van der Waals surface area contributed by atoms with Crippen LogP contribution in [0.3, 0.4) is 0 Å². The van der Waals surface area contributed by atoms with Crippen LogP contribution in [0.2, 0.25) is 10.0 Å². The molecule has 0 amide bonds. The Hall–Kier alpha value is -0.290. The van der Waals surface area contributed by atoms with Gasteiger partial charge in [-0.25, -0.2) is 0 Å². The second-order valence-electron chi connectivity index (χ2n) is 3.45. The summed E-state index contributed by atoms with van der Waals surface area (Å²) in [6.07, 6.45) is 0. The van der Waals surface area contributed by atoms with E-state index >= 15 is 0 Å². The molecule has 0 atom stereocenters. The molecule has 0 saturated heterocycles.